The van der Waals surface area contributed by atoms with Crippen LogP contribution in [-0.2, 0) is 14.8 Å². The average molecular weight is 499 g/mol. The minimum atomic E-state index is -3.60. The molecule has 0 radical (unpaired) electrons. The second kappa shape index (κ2) is 10.1. The van der Waals surface area contributed by atoms with Gasteiger partial charge in [-0.3, -0.25) is 4.79 Å². The molecule has 0 spiro atoms. The largest absolute Gasteiger partial charge is 0.379 e. The van der Waals surface area contributed by atoms with Gasteiger partial charge < -0.3 is 9.30 Å². The molecule has 0 aliphatic carbocycles. The summed E-state index contributed by atoms with van der Waals surface area (Å²) in [6.45, 7) is 9.45. The predicted octanol–water partition coefficient (Wildman–Crippen LogP) is 4.71. The Balaban J connectivity index is 1.59. The standard InChI is InChI=1S/C26H30N2O4S2/c1-18-8-9-19(2)26(14-18)33-17-25(29)24-15-20(3)28(21(24)4)22-6-5-7-23(16-22)34(30,31)27-10-12-32-13-11-27/h5-9,14-16H,10-13,17H2,1-4H3. The van der Waals surface area contributed by atoms with Crippen LogP contribution in [0.1, 0.15) is 32.9 Å². The molecule has 0 saturated carbocycles. The fraction of sp³-hybridized carbons (Fsp3) is 0.346. The first kappa shape index (κ1) is 24.7. The average Bonchev–Trinajstić information content (AvgIpc) is 3.14. The van der Waals surface area contributed by atoms with Crippen LogP contribution in [0.15, 0.2) is 58.3 Å². The van der Waals surface area contributed by atoms with E-state index in [0.29, 0.717) is 37.6 Å². The Morgan fingerprint density at radius 3 is 2.47 bits per heavy atom. The molecule has 3 aromatic rings. The van der Waals surface area contributed by atoms with Crippen LogP contribution in [0.4, 0.5) is 0 Å². The van der Waals surface area contributed by atoms with Gasteiger partial charge in [-0.1, -0.05) is 23.8 Å². The highest BCUT2D eigenvalue weighted by Crippen LogP contribution is 2.28. The van der Waals surface area contributed by atoms with Gasteiger partial charge in [0.2, 0.25) is 10.0 Å². The number of nitrogens with zero attached hydrogens (tertiary/aromatic N) is 2. The molecule has 180 valence electrons. The summed E-state index contributed by atoms with van der Waals surface area (Å²) in [6.07, 6.45) is 0. The minimum absolute atomic E-state index is 0.0577. The lowest BCUT2D eigenvalue weighted by atomic mass is 10.2. The maximum absolute atomic E-state index is 13.1. The first-order chi connectivity index (χ1) is 16.2. The number of carbonyl (C=O) groups excluding carboxylic acids is 1. The molecule has 0 bridgehead atoms. The monoisotopic (exact) mass is 498 g/mol. The van der Waals surface area contributed by atoms with Crippen molar-refractivity contribution in [3.05, 3.63) is 76.6 Å². The Labute approximate surface area is 206 Å². The van der Waals surface area contributed by atoms with Gasteiger partial charge in [0.25, 0.3) is 0 Å². The number of rotatable bonds is 7. The van der Waals surface area contributed by atoms with Crippen molar-refractivity contribution in [1.82, 2.24) is 8.87 Å². The van der Waals surface area contributed by atoms with Gasteiger partial charge in [0.15, 0.2) is 5.78 Å². The first-order valence-electron chi connectivity index (χ1n) is 11.3. The molecule has 1 fully saturated rings. The van der Waals surface area contributed by atoms with Crippen LogP contribution in [0.25, 0.3) is 5.69 Å². The molecule has 1 saturated heterocycles. The highest BCUT2D eigenvalue weighted by Gasteiger charge is 2.27. The molecule has 34 heavy (non-hydrogen) atoms. The van der Waals surface area contributed by atoms with Crippen LogP contribution in [0.5, 0.6) is 0 Å². The molecule has 1 aliphatic heterocycles. The molecule has 2 aromatic carbocycles. The van der Waals surface area contributed by atoms with E-state index in [0.717, 1.165) is 27.5 Å². The maximum atomic E-state index is 13.1. The second-order valence-electron chi connectivity index (χ2n) is 8.61. The Morgan fingerprint density at radius 2 is 1.74 bits per heavy atom. The fourth-order valence-electron chi connectivity index (χ4n) is 4.25. The molecule has 6 nitrogen and oxygen atoms in total. The van der Waals surface area contributed by atoms with Crippen LogP contribution in [-0.4, -0.2) is 55.1 Å². The topological polar surface area (TPSA) is 68.6 Å². The summed E-state index contributed by atoms with van der Waals surface area (Å²) in [6, 6.07) is 15.1. The van der Waals surface area contributed by atoms with Gasteiger partial charge in [-0.05, 0) is 63.6 Å². The minimum Gasteiger partial charge on any atom is -0.379 e. The zero-order chi connectivity index (χ0) is 24.5. The summed E-state index contributed by atoms with van der Waals surface area (Å²) in [4.78, 5) is 14.5. The summed E-state index contributed by atoms with van der Waals surface area (Å²) in [5.41, 5.74) is 5.42. The number of benzene rings is 2. The van der Waals surface area contributed by atoms with Crippen LogP contribution < -0.4 is 0 Å². The van der Waals surface area contributed by atoms with Crippen LogP contribution in [0.3, 0.4) is 0 Å². The Bertz CT molecular complexity index is 1320. The van der Waals surface area contributed by atoms with E-state index < -0.39 is 10.0 Å². The third kappa shape index (κ3) is 5.00. The highest BCUT2D eigenvalue weighted by atomic mass is 32.2. The fourth-order valence-corrected chi connectivity index (χ4v) is 6.70. The van der Waals surface area contributed by atoms with Gasteiger partial charge >= 0.3 is 0 Å². The molecule has 0 atom stereocenters. The lowest BCUT2D eigenvalue weighted by molar-refractivity contribution is 0.0730. The number of hydrogen-bond acceptors (Lipinski definition) is 5. The van der Waals surface area contributed by atoms with Crippen molar-refractivity contribution in [3.8, 4) is 5.69 Å². The Hall–Kier alpha value is -2.39. The molecule has 2 heterocycles. The van der Waals surface area contributed by atoms with Crippen molar-refractivity contribution in [1.29, 1.82) is 0 Å². The normalized spacial score (nSPS) is 14.9. The third-order valence-corrected chi connectivity index (χ3v) is 9.17. The van der Waals surface area contributed by atoms with Crippen molar-refractivity contribution < 1.29 is 17.9 Å². The number of aryl methyl sites for hydroxylation is 3. The van der Waals surface area contributed by atoms with Gasteiger partial charge in [-0.2, -0.15) is 4.31 Å². The van der Waals surface area contributed by atoms with Crippen LogP contribution >= 0.6 is 11.8 Å². The number of hydrogen-bond donors (Lipinski definition) is 0. The first-order valence-corrected chi connectivity index (χ1v) is 13.7. The number of sulfonamides is 1. The predicted molar refractivity (Wildman–Crippen MR) is 136 cm³/mol. The molecule has 1 aliphatic rings. The van der Waals surface area contributed by atoms with E-state index in [1.807, 2.05) is 37.5 Å². The molecular weight excluding hydrogens is 468 g/mol. The number of Topliss-reactive ketones (excluding diaryl/α,β-unsaturated/α-hetero) is 1. The molecule has 0 unspecified atom stereocenters. The lowest BCUT2D eigenvalue weighted by Crippen LogP contribution is -2.40. The van der Waals surface area contributed by atoms with E-state index in [4.69, 9.17) is 4.74 Å². The van der Waals surface area contributed by atoms with E-state index >= 15 is 0 Å². The van der Waals surface area contributed by atoms with Crippen LogP contribution in [0, 0.1) is 27.7 Å². The van der Waals surface area contributed by atoms with Gasteiger partial charge in [-0.25, -0.2) is 8.42 Å². The molecule has 4 rings (SSSR count). The van der Waals surface area contributed by atoms with Crippen LogP contribution in [0.2, 0.25) is 0 Å². The summed E-state index contributed by atoms with van der Waals surface area (Å²) in [5.74, 6) is 0.405. The van der Waals surface area contributed by atoms with E-state index in [1.165, 1.54) is 9.87 Å². The molecule has 1 aromatic heterocycles. The molecule has 0 amide bonds. The maximum Gasteiger partial charge on any atom is 0.243 e. The highest BCUT2D eigenvalue weighted by molar-refractivity contribution is 8.00. The van der Waals surface area contributed by atoms with Crippen molar-refractivity contribution in [2.24, 2.45) is 0 Å². The lowest BCUT2D eigenvalue weighted by Gasteiger charge is -2.26. The van der Waals surface area contributed by atoms with Crippen molar-refractivity contribution in [3.63, 3.8) is 0 Å². The van der Waals surface area contributed by atoms with E-state index in [-0.39, 0.29) is 10.7 Å². The van der Waals surface area contributed by atoms with E-state index in [9.17, 15) is 13.2 Å². The number of ketones is 1. The summed E-state index contributed by atoms with van der Waals surface area (Å²) >= 11 is 1.55. The summed E-state index contributed by atoms with van der Waals surface area (Å²) in [5, 5.41) is 0. The third-order valence-electron chi connectivity index (χ3n) is 6.12. The van der Waals surface area contributed by atoms with E-state index in [1.54, 1.807) is 30.0 Å². The molecule has 8 heteroatoms. The molecule has 0 N–H and O–H groups in total. The van der Waals surface area contributed by atoms with Gasteiger partial charge in [-0.15, -0.1) is 11.8 Å². The zero-order valence-corrected chi connectivity index (χ0v) is 21.6. The Kier molecular flexibility index (Phi) is 7.33. The summed E-state index contributed by atoms with van der Waals surface area (Å²) < 4.78 is 35.0. The van der Waals surface area contributed by atoms with Crippen molar-refractivity contribution in [2.45, 2.75) is 37.5 Å². The van der Waals surface area contributed by atoms with Crippen molar-refractivity contribution >= 4 is 27.6 Å². The van der Waals surface area contributed by atoms with Gasteiger partial charge in [0, 0.05) is 40.6 Å². The number of aromatic nitrogens is 1. The quantitative estimate of drug-likeness (QED) is 0.349. The van der Waals surface area contributed by atoms with E-state index in [2.05, 4.69) is 25.1 Å². The second-order valence-corrected chi connectivity index (χ2v) is 11.6. The number of carbonyl (C=O) groups is 1. The van der Waals surface area contributed by atoms with Crippen molar-refractivity contribution in [2.75, 3.05) is 32.1 Å². The zero-order valence-electron chi connectivity index (χ0n) is 20.0. The van der Waals surface area contributed by atoms with Gasteiger partial charge in [0.1, 0.15) is 0 Å². The Morgan fingerprint density at radius 1 is 1.00 bits per heavy atom. The van der Waals surface area contributed by atoms with Gasteiger partial charge in [0.05, 0.1) is 23.9 Å². The number of thioether (sulfide) groups is 1. The number of morpholine rings is 1. The SMILES string of the molecule is Cc1ccc(C)c(SCC(=O)c2cc(C)n(-c3cccc(S(=O)(=O)N4CCOCC4)c3)c2C)c1. The summed E-state index contributed by atoms with van der Waals surface area (Å²) in [7, 11) is -3.60. The smallest absolute Gasteiger partial charge is 0.243 e. The number of ether oxygens (including phenoxy) is 1. The molecular formula is C26H30N2O4S2.